The molecule has 0 saturated heterocycles. The van der Waals surface area contributed by atoms with E-state index in [4.69, 9.17) is 9.42 Å². The first-order valence-electron chi connectivity index (χ1n) is 8.78. The Morgan fingerprint density at radius 1 is 0.885 bits per heavy atom. The fourth-order valence-electron chi connectivity index (χ4n) is 2.67. The zero-order valence-electron chi connectivity index (χ0n) is 15.7. The predicted octanol–water partition coefficient (Wildman–Crippen LogP) is 5.77. The van der Waals surface area contributed by atoms with Crippen molar-refractivity contribution in [2.45, 2.75) is 26.6 Å². The number of nitrogens with zero attached hydrogens (tertiary/aromatic N) is 2. The van der Waals surface area contributed by atoms with Crippen LogP contribution in [0, 0.1) is 6.92 Å². The van der Waals surface area contributed by atoms with Crippen LogP contribution >= 0.6 is 0 Å². The lowest BCUT2D eigenvalue weighted by Gasteiger charge is -2.20. The molecule has 3 nitrogen and oxygen atoms in total. The normalized spacial score (nSPS) is 12.1. The molecule has 0 fully saturated rings. The Kier molecular flexibility index (Phi) is 5.33. The summed E-state index contributed by atoms with van der Waals surface area (Å²) < 4.78 is 6.25. The van der Waals surface area contributed by atoms with Gasteiger partial charge in [-0.3, -0.25) is 4.98 Å². The molecule has 26 heavy (non-hydrogen) atoms. The Labute approximate surface area is 156 Å². The van der Waals surface area contributed by atoms with E-state index >= 15 is 0 Å². The molecule has 0 atom stereocenters. The van der Waals surface area contributed by atoms with E-state index in [1.165, 1.54) is 0 Å². The highest BCUT2D eigenvalue weighted by molar-refractivity contribution is 6.70. The molecule has 0 bridgehead atoms. The minimum atomic E-state index is -1.73. The highest BCUT2D eigenvalue weighted by atomic mass is 28.4. The Hall–Kier alpha value is -2.72. The molecule has 0 aliphatic carbocycles. The van der Waals surface area contributed by atoms with Crippen molar-refractivity contribution in [3.05, 3.63) is 89.7 Å². The molecule has 0 unspecified atom stereocenters. The molecule has 4 heteroatoms. The maximum absolute atomic E-state index is 6.25. The van der Waals surface area contributed by atoms with Crippen molar-refractivity contribution in [2.75, 3.05) is 0 Å². The predicted molar refractivity (Wildman–Crippen MR) is 111 cm³/mol. The summed E-state index contributed by atoms with van der Waals surface area (Å²) in [6.07, 6.45) is 1.81. The Balaban J connectivity index is 2.17. The number of benzene rings is 2. The topological polar surface area (TPSA) is 34.5 Å². The second-order valence-corrected chi connectivity index (χ2v) is 11.6. The standard InChI is InChI=1S/C22H24N2OSi/c1-17-11-10-16-23-21(17)22(18-12-6-5-7-13-18)24-19-14-8-9-15-20(19)25-26(2,3)4/h5-16H,1-4H3. The van der Waals surface area contributed by atoms with Crippen LogP contribution in [0.4, 0.5) is 5.69 Å². The monoisotopic (exact) mass is 360 g/mol. The lowest BCUT2D eigenvalue weighted by Crippen LogP contribution is -2.29. The third-order valence-corrected chi connectivity index (χ3v) is 4.63. The molecule has 0 aliphatic rings. The highest BCUT2D eigenvalue weighted by Crippen LogP contribution is 2.31. The van der Waals surface area contributed by atoms with E-state index in [1.807, 2.05) is 54.7 Å². The van der Waals surface area contributed by atoms with Crippen LogP contribution in [-0.2, 0) is 0 Å². The van der Waals surface area contributed by atoms with E-state index in [-0.39, 0.29) is 0 Å². The summed E-state index contributed by atoms with van der Waals surface area (Å²) in [6, 6.07) is 22.2. The van der Waals surface area contributed by atoms with Crippen molar-refractivity contribution in [3.8, 4) is 5.75 Å². The lowest BCUT2D eigenvalue weighted by molar-refractivity contribution is 0.559. The zero-order chi connectivity index (χ0) is 18.6. The molecule has 1 aromatic heterocycles. The largest absolute Gasteiger partial charge is 0.543 e. The van der Waals surface area contributed by atoms with Gasteiger partial charge in [-0.05, 0) is 50.3 Å². The molecule has 0 N–H and O–H groups in total. The Morgan fingerprint density at radius 3 is 2.27 bits per heavy atom. The van der Waals surface area contributed by atoms with Crippen LogP contribution in [0.3, 0.4) is 0 Å². The van der Waals surface area contributed by atoms with E-state index in [9.17, 15) is 0 Å². The van der Waals surface area contributed by atoms with Gasteiger partial charge in [0.2, 0.25) is 8.32 Å². The number of aromatic nitrogens is 1. The molecule has 0 amide bonds. The van der Waals surface area contributed by atoms with E-state index in [0.29, 0.717) is 0 Å². The second-order valence-electron chi connectivity index (χ2n) is 7.18. The number of aryl methyl sites for hydroxylation is 1. The van der Waals surface area contributed by atoms with Crippen LogP contribution in [0.2, 0.25) is 19.6 Å². The highest BCUT2D eigenvalue weighted by Gasteiger charge is 2.19. The first-order chi connectivity index (χ1) is 12.4. The fraction of sp³-hybridized carbons (Fsp3) is 0.182. The number of para-hydroxylation sites is 2. The van der Waals surface area contributed by atoms with Gasteiger partial charge in [0.1, 0.15) is 11.4 Å². The quantitative estimate of drug-likeness (QED) is 0.427. The van der Waals surface area contributed by atoms with Gasteiger partial charge in [-0.1, -0.05) is 48.5 Å². The summed E-state index contributed by atoms with van der Waals surface area (Å²) in [5.41, 5.74) is 4.71. The van der Waals surface area contributed by atoms with Crippen molar-refractivity contribution < 1.29 is 4.43 Å². The van der Waals surface area contributed by atoms with Crippen LogP contribution in [-0.4, -0.2) is 19.0 Å². The van der Waals surface area contributed by atoms with Gasteiger partial charge < -0.3 is 4.43 Å². The molecule has 0 saturated carbocycles. The van der Waals surface area contributed by atoms with Crippen molar-refractivity contribution >= 4 is 19.7 Å². The molecule has 3 rings (SSSR count). The summed E-state index contributed by atoms with van der Waals surface area (Å²) in [7, 11) is -1.73. The molecule has 1 heterocycles. The van der Waals surface area contributed by atoms with E-state index < -0.39 is 8.32 Å². The molecular weight excluding hydrogens is 336 g/mol. The Morgan fingerprint density at radius 2 is 1.58 bits per heavy atom. The number of aliphatic imine (C=N–C) groups is 1. The van der Waals surface area contributed by atoms with Gasteiger partial charge in [0.05, 0.1) is 11.4 Å². The maximum Gasteiger partial charge on any atom is 0.242 e. The van der Waals surface area contributed by atoms with Crippen molar-refractivity contribution in [2.24, 2.45) is 4.99 Å². The minimum absolute atomic E-state index is 0.827. The molecule has 2 aromatic carbocycles. The van der Waals surface area contributed by atoms with E-state index in [2.05, 4.69) is 49.7 Å². The van der Waals surface area contributed by atoms with E-state index in [1.54, 1.807) is 0 Å². The number of hydrogen-bond donors (Lipinski definition) is 0. The summed E-state index contributed by atoms with van der Waals surface area (Å²) in [5.74, 6) is 0.827. The summed E-state index contributed by atoms with van der Waals surface area (Å²) in [5, 5.41) is 0. The first-order valence-corrected chi connectivity index (χ1v) is 12.2. The van der Waals surface area contributed by atoms with Crippen molar-refractivity contribution in [1.29, 1.82) is 0 Å². The third kappa shape index (κ3) is 4.46. The molecule has 3 aromatic rings. The average molecular weight is 361 g/mol. The van der Waals surface area contributed by atoms with Crippen LogP contribution in [0.25, 0.3) is 0 Å². The van der Waals surface area contributed by atoms with Gasteiger partial charge in [-0.15, -0.1) is 0 Å². The van der Waals surface area contributed by atoms with Gasteiger partial charge in [0.25, 0.3) is 0 Å². The smallest absolute Gasteiger partial charge is 0.242 e. The number of rotatable bonds is 5. The van der Waals surface area contributed by atoms with Gasteiger partial charge in [-0.2, -0.15) is 0 Å². The molecule has 132 valence electrons. The summed E-state index contributed by atoms with van der Waals surface area (Å²) in [4.78, 5) is 9.59. The first kappa shape index (κ1) is 18.1. The van der Waals surface area contributed by atoms with Gasteiger partial charge in [-0.25, -0.2) is 4.99 Å². The van der Waals surface area contributed by atoms with Crippen LogP contribution in [0.5, 0.6) is 5.75 Å². The molecule has 0 spiro atoms. The van der Waals surface area contributed by atoms with Crippen LogP contribution in [0.15, 0.2) is 77.9 Å². The zero-order valence-corrected chi connectivity index (χ0v) is 16.7. The summed E-state index contributed by atoms with van der Waals surface area (Å²) >= 11 is 0. The Bertz CT molecular complexity index is 915. The molecular formula is C22H24N2OSi. The average Bonchev–Trinajstić information content (AvgIpc) is 2.61. The maximum atomic E-state index is 6.25. The third-order valence-electron chi connectivity index (χ3n) is 3.79. The number of pyridine rings is 1. The number of hydrogen-bond acceptors (Lipinski definition) is 3. The van der Waals surface area contributed by atoms with Gasteiger partial charge >= 0.3 is 0 Å². The molecule has 0 aliphatic heterocycles. The van der Waals surface area contributed by atoms with Crippen LogP contribution in [0.1, 0.15) is 16.8 Å². The van der Waals surface area contributed by atoms with Crippen molar-refractivity contribution in [1.82, 2.24) is 4.98 Å². The van der Waals surface area contributed by atoms with Crippen LogP contribution < -0.4 is 4.43 Å². The van der Waals surface area contributed by atoms with E-state index in [0.717, 1.165) is 34.0 Å². The second kappa shape index (κ2) is 7.66. The van der Waals surface area contributed by atoms with Gasteiger partial charge in [0, 0.05) is 11.8 Å². The summed E-state index contributed by atoms with van der Waals surface area (Å²) in [6.45, 7) is 8.59. The molecule has 0 radical (unpaired) electrons. The fourth-order valence-corrected chi connectivity index (χ4v) is 3.50. The lowest BCUT2D eigenvalue weighted by atomic mass is 10.0. The SMILES string of the molecule is Cc1cccnc1C(=Nc1ccccc1O[Si](C)(C)C)c1ccccc1. The van der Waals surface area contributed by atoms with Crippen molar-refractivity contribution in [3.63, 3.8) is 0 Å². The minimum Gasteiger partial charge on any atom is -0.543 e. The van der Waals surface area contributed by atoms with Gasteiger partial charge in [0.15, 0.2) is 0 Å².